The van der Waals surface area contributed by atoms with Crippen LogP contribution in [0.2, 0.25) is 0 Å². The second-order valence-corrected chi connectivity index (χ2v) is 10.2. The Bertz CT molecular complexity index is 1230. The zero-order chi connectivity index (χ0) is 26.5. The number of pyridine rings is 1. The summed E-state index contributed by atoms with van der Waals surface area (Å²) in [6.07, 6.45) is 7.69. The lowest BCUT2D eigenvalue weighted by Crippen LogP contribution is -2.47. The Morgan fingerprint density at radius 1 is 1.08 bits per heavy atom. The van der Waals surface area contributed by atoms with E-state index in [0.717, 1.165) is 61.3 Å². The van der Waals surface area contributed by atoms with Crippen molar-refractivity contribution in [3.8, 4) is 0 Å². The third kappa shape index (κ3) is 6.07. The van der Waals surface area contributed by atoms with Crippen LogP contribution in [-0.2, 0) is 4.74 Å². The molecule has 2 saturated heterocycles. The molecule has 2 fully saturated rings. The SMILES string of the molecule is COCCNC(=O)N1CCC(Nc2cc(N3CCCC3)nc(Nc3cc4c(cn3)cnn4C(C)C)n2)CC1. The molecule has 3 N–H and O–H groups in total. The molecule has 0 aromatic carbocycles. The lowest BCUT2D eigenvalue weighted by Gasteiger charge is -2.32. The van der Waals surface area contributed by atoms with Gasteiger partial charge in [-0.05, 0) is 39.5 Å². The van der Waals surface area contributed by atoms with Crippen molar-refractivity contribution in [3.63, 3.8) is 0 Å². The van der Waals surface area contributed by atoms with Crippen molar-refractivity contribution in [2.24, 2.45) is 0 Å². The Morgan fingerprint density at radius 2 is 1.87 bits per heavy atom. The quantitative estimate of drug-likeness (QED) is 0.363. The highest BCUT2D eigenvalue weighted by molar-refractivity contribution is 5.81. The molecule has 38 heavy (non-hydrogen) atoms. The average molecular weight is 523 g/mol. The number of hydrogen-bond donors (Lipinski definition) is 3. The zero-order valence-electron chi connectivity index (χ0n) is 22.5. The van der Waals surface area contributed by atoms with Crippen molar-refractivity contribution in [1.82, 2.24) is 34.9 Å². The van der Waals surface area contributed by atoms with Crippen LogP contribution < -0.4 is 20.9 Å². The Labute approximate surface area is 223 Å². The molecule has 0 saturated carbocycles. The number of carbonyl (C=O) groups is 1. The third-order valence-corrected chi connectivity index (χ3v) is 7.07. The second kappa shape index (κ2) is 11.8. The molecule has 3 aromatic rings. The number of urea groups is 1. The van der Waals surface area contributed by atoms with Crippen molar-refractivity contribution in [2.75, 3.05) is 62.0 Å². The van der Waals surface area contributed by atoms with Gasteiger partial charge in [-0.15, -0.1) is 0 Å². The molecule has 204 valence electrons. The molecule has 12 heteroatoms. The third-order valence-electron chi connectivity index (χ3n) is 7.07. The fourth-order valence-electron chi connectivity index (χ4n) is 5.01. The van der Waals surface area contributed by atoms with E-state index in [1.807, 2.05) is 34.1 Å². The highest BCUT2D eigenvalue weighted by Crippen LogP contribution is 2.26. The van der Waals surface area contributed by atoms with Crippen molar-refractivity contribution in [1.29, 1.82) is 0 Å². The van der Waals surface area contributed by atoms with Gasteiger partial charge >= 0.3 is 6.03 Å². The van der Waals surface area contributed by atoms with E-state index in [9.17, 15) is 4.79 Å². The Balaban J connectivity index is 1.30. The van der Waals surface area contributed by atoms with Crippen molar-refractivity contribution in [2.45, 2.75) is 51.6 Å². The number of fused-ring (bicyclic) bond motifs is 1. The fraction of sp³-hybridized carbons (Fsp3) is 0.577. The van der Waals surface area contributed by atoms with Crippen LogP contribution in [0.3, 0.4) is 0 Å². The van der Waals surface area contributed by atoms with E-state index < -0.39 is 0 Å². The van der Waals surface area contributed by atoms with Crippen LogP contribution in [0.4, 0.5) is 28.2 Å². The molecule has 0 unspecified atom stereocenters. The van der Waals surface area contributed by atoms with Crippen LogP contribution >= 0.6 is 0 Å². The monoisotopic (exact) mass is 522 g/mol. The maximum Gasteiger partial charge on any atom is 0.317 e. The summed E-state index contributed by atoms with van der Waals surface area (Å²) in [7, 11) is 1.63. The normalized spacial score (nSPS) is 16.4. The van der Waals surface area contributed by atoms with E-state index in [4.69, 9.17) is 14.7 Å². The molecule has 3 aromatic heterocycles. The van der Waals surface area contributed by atoms with E-state index in [2.05, 4.69) is 44.8 Å². The number of likely N-dealkylation sites (tertiary alicyclic amines) is 1. The number of amides is 2. The maximum atomic E-state index is 12.4. The van der Waals surface area contributed by atoms with Gasteiger partial charge in [0.05, 0.1) is 18.3 Å². The van der Waals surface area contributed by atoms with Gasteiger partial charge < -0.3 is 30.5 Å². The van der Waals surface area contributed by atoms with Crippen LogP contribution in [0.5, 0.6) is 0 Å². The molecule has 5 heterocycles. The Kier molecular flexibility index (Phi) is 8.06. The van der Waals surface area contributed by atoms with Gasteiger partial charge in [0.2, 0.25) is 5.95 Å². The number of rotatable bonds is 9. The number of hydrogen-bond acceptors (Lipinski definition) is 9. The molecule has 0 spiro atoms. The average Bonchev–Trinajstić information content (AvgIpc) is 3.60. The summed E-state index contributed by atoms with van der Waals surface area (Å²) in [4.78, 5) is 30.7. The molecule has 2 aliphatic rings. The molecule has 0 radical (unpaired) electrons. The number of nitrogens with zero attached hydrogens (tertiary/aromatic N) is 7. The Hall–Kier alpha value is -3.67. The van der Waals surface area contributed by atoms with Gasteiger partial charge in [-0.25, -0.2) is 9.78 Å². The van der Waals surface area contributed by atoms with Gasteiger partial charge in [0.25, 0.3) is 0 Å². The number of ether oxygens (including phenoxy) is 1. The van der Waals surface area contributed by atoms with E-state index in [1.54, 1.807) is 7.11 Å². The first-order valence-corrected chi connectivity index (χ1v) is 13.5. The molecule has 0 bridgehead atoms. The molecule has 12 nitrogen and oxygen atoms in total. The van der Waals surface area contributed by atoms with Gasteiger partial charge in [0.1, 0.15) is 17.5 Å². The summed E-state index contributed by atoms with van der Waals surface area (Å²) in [6.45, 7) is 8.62. The van der Waals surface area contributed by atoms with Gasteiger partial charge in [-0.3, -0.25) is 4.68 Å². The standard InChI is InChI=1S/C26H38N10O2/c1-18(2)36-21-14-22(28-16-19(21)17-29-36)31-25-32-23(15-24(33-25)34-9-4-5-10-34)30-20-6-11-35(12-7-20)26(37)27-8-13-38-3/h14-18,20H,4-13H2,1-3H3,(H,27,37)(H2,28,30,31,32,33). The van der Waals surface area contributed by atoms with Gasteiger partial charge in [-0.1, -0.05) is 0 Å². The number of methoxy groups -OCH3 is 1. The topological polar surface area (TPSA) is 125 Å². The van der Waals surface area contributed by atoms with E-state index in [1.165, 1.54) is 0 Å². The number of carbonyl (C=O) groups excluding carboxylic acids is 1. The molecule has 2 aliphatic heterocycles. The van der Waals surface area contributed by atoms with Crippen molar-refractivity contribution in [3.05, 3.63) is 24.5 Å². The summed E-state index contributed by atoms with van der Waals surface area (Å²) in [5.74, 6) is 2.87. The lowest BCUT2D eigenvalue weighted by molar-refractivity contribution is 0.171. The van der Waals surface area contributed by atoms with Gasteiger partial charge in [-0.2, -0.15) is 15.1 Å². The van der Waals surface area contributed by atoms with E-state index >= 15 is 0 Å². The smallest absolute Gasteiger partial charge is 0.317 e. The maximum absolute atomic E-state index is 12.4. The first-order valence-electron chi connectivity index (χ1n) is 13.5. The largest absolute Gasteiger partial charge is 0.383 e. The second-order valence-electron chi connectivity index (χ2n) is 10.2. The minimum atomic E-state index is -0.0337. The van der Waals surface area contributed by atoms with Crippen LogP contribution in [0.1, 0.15) is 45.6 Å². The number of anilines is 4. The van der Waals surface area contributed by atoms with Crippen molar-refractivity contribution >= 4 is 40.3 Å². The highest BCUT2D eigenvalue weighted by atomic mass is 16.5. The number of nitrogens with one attached hydrogen (secondary N) is 3. The van der Waals surface area contributed by atoms with E-state index in [0.29, 0.717) is 38.0 Å². The van der Waals surface area contributed by atoms with Crippen molar-refractivity contribution < 1.29 is 9.53 Å². The predicted molar refractivity (Wildman–Crippen MR) is 148 cm³/mol. The number of aromatic nitrogens is 5. The number of piperidine rings is 1. The summed E-state index contributed by atoms with van der Waals surface area (Å²) >= 11 is 0. The van der Waals surface area contributed by atoms with Crippen LogP contribution in [0.25, 0.3) is 10.9 Å². The summed E-state index contributed by atoms with van der Waals surface area (Å²) in [5.41, 5.74) is 1.02. The minimum absolute atomic E-state index is 0.0337. The van der Waals surface area contributed by atoms with Crippen LogP contribution in [0, 0.1) is 0 Å². The minimum Gasteiger partial charge on any atom is -0.383 e. The molecule has 5 rings (SSSR count). The highest BCUT2D eigenvalue weighted by Gasteiger charge is 2.24. The Morgan fingerprint density at radius 3 is 2.61 bits per heavy atom. The molecule has 2 amide bonds. The molecular formula is C26H38N10O2. The summed E-state index contributed by atoms with van der Waals surface area (Å²) in [5, 5.41) is 15.3. The zero-order valence-corrected chi connectivity index (χ0v) is 22.5. The van der Waals surface area contributed by atoms with Crippen LogP contribution in [-0.4, -0.2) is 88.1 Å². The van der Waals surface area contributed by atoms with Gasteiger partial charge in [0, 0.05) is 75.6 Å². The first kappa shape index (κ1) is 26.0. The van der Waals surface area contributed by atoms with Crippen LogP contribution in [0.15, 0.2) is 24.5 Å². The predicted octanol–water partition coefficient (Wildman–Crippen LogP) is 3.38. The molecule has 0 aliphatic carbocycles. The fourth-order valence-corrected chi connectivity index (χ4v) is 5.01. The molecular weight excluding hydrogens is 484 g/mol. The summed E-state index contributed by atoms with van der Waals surface area (Å²) < 4.78 is 7.00. The van der Waals surface area contributed by atoms with E-state index in [-0.39, 0.29) is 18.1 Å². The van der Waals surface area contributed by atoms with Gasteiger partial charge in [0.15, 0.2) is 0 Å². The molecule has 0 atom stereocenters. The first-order chi connectivity index (χ1) is 18.5. The lowest BCUT2D eigenvalue weighted by atomic mass is 10.1. The summed E-state index contributed by atoms with van der Waals surface area (Å²) in [6, 6.07) is 4.46.